The van der Waals surface area contributed by atoms with Crippen molar-refractivity contribution >= 4 is 23.8 Å². The van der Waals surface area contributed by atoms with Crippen molar-refractivity contribution in [1.29, 1.82) is 0 Å². The SMILES string of the molecule is CN(CCC[C@H]1C(=O)N(C)CCCCN(C(=O)OC(C)(C)C)CCCOc2ccccc2C(=O)N1C)C(=O)CCc1ccccc1F. The van der Waals surface area contributed by atoms with Gasteiger partial charge in [0.05, 0.1) is 12.2 Å². The Balaban J connectivity index is 1.73. The molecule has 4 amide bonds. The molecule has 11 heteroatoms. The minimum atomic E-state index is -0.770. The van der Waals surface area contributed by atoms with Crippen LogP contribution in [0.5, 0.6) is 5.75 Å². The summed E-state index contributed by atoms with van der Waals surface area (Å²) in [5, 5.41) is 0. The number of likely N-dealkylation sites (N-methyl/N-ethyl adjacent to an activating group) is 2. The van der Waals surface area contributed by atoms with Gasteiger partial charge in [0.15, 0.2) is 0 Å². The van der Waals surface area contributed by atoms with Crippen LogP contribution >= 0.6 is 0 Å². The van der Waals surface area contributed by atoms with Gasteiger partial charge in [-0.3, -0.25) is 14.4 Å². The summed E-state index contributed by atoms with van der Waals surface area (Å²) in [6, 6.07) is 12.6. The lowest BCUT2D eigenvalue weighted by Crippen LogP contribution is -2.49. The molecular weight excluding hydrogens is 603 g/mol. The topological polar surface area (TPSA) is 99.7 Å². The number of amides is 4. The first kappa shape index (κ1) is 37.3. The van der Waals surface area contributed by atoms with Gasteiger partial charge in [-0.15, -0.1) is 0 Å². The fourth-order valence-electron chi connectivity index (χ4n) is 5.44. The maximum Gasteiger partial charge on any atom is 0.410 e. The van der Waals surface area contributed by atoms with Crippen LogP contribution < -0.4 is 4.74 Å². The minimum absolute atomic E-state index is 0.120. The van der Waals surface area contributed by atoms with Crippen molar-refractivity contribution in [1.82, 2.24) is 19.6 Å². The van der Waals surface area contributed by atoms with E-state index in [1.807, 2.05) is 20.8 Å². The normalized spacial score (nSPS) is 17.2. The number of nitrogens with zero attached hydrogens (tertiary/aromatic N) is 4. The lowest BCUT2D eigenvalue weighted by atomic mass is 10.1. The molecule has 0 radical (unpaired) electrons. The van der Waals surface area contributed by atoms with E-state index in [0.717, 1.165) is 0 Å². The second-order valence-corrected chi connectivity index (χ2v) is 13.1. The zero-order valence-electron chi connectivity index (χ0n) is 28.8. The summed E-state index contributed by atoms with van der Waals surface area (Å²) in [6.07, 6.45) is 2.77. The van der Waals surface area contributed by atoms with Crippen molar-refractivity contribution in [3.8, 4) is 5.75 Å². The molecule has 1 aliphatic heterocycles. The molecule has 0 fully saturated rings. The summed E-state index contributed by atoms with van der Waals surface area (Å²) in [5.41, 5.74) is 0.210. The third-order valence-electron chi connectivity index (χ3n) is 8.18. The molecule has 0 unspecified atom stereocenters. The fourth-order valence-corrected chi connectivity index (χ4v) is 5.44. The van der Waals surface area contributed by atoms with Crippen molar-refractivity contribution in [3.05, 3.63) is 65.5 Å². The van der Waals surface area contributed by atoms with Crippen LogP contribution in [0.1, 0.15) is 75.2 Å². The predicted octanol–water partition coefficient (Wildman–Crippen LogP) is 5.40. The van der Waals surface area contributed by atoms with E-state index in [9.17, 15) is 23.6 Å². The van der Waals surface area contributed by atoms with Crippen LogP contribution in [-0.4, -0.2) is 109 Å². The molecule has 1 aliphatic rings. The van der Waals surface area contributed by atoms with Gasteiger partial charge < -0.3 is 29.1 Å². The van der Waals surface area contributed by atoms with Crippen LogP contribution in [0.15, 0.2) is 48.5 Å². The number of ether oxygens (including phenoxy) is 2. The first-order valence-electron chi connectivity index (χ1n) is 16.5. The molecule has 2 aromatic rings. The summed E-state index contributed by atoms with van der Waals surface area (Å²) in [6.45, 7) is 7.52. The second-order valence-electron chi connectivity index (χ2n) is 13.1. The maximum atomic E-state index is 14.0. The molecule has 0 bridgehead atoms. The van der Waals surface area contributed by atoms with E-state index in [1.54, 1.807) is 78.3 Å². The molecule has 1 atom stereocenters. The van der Waals surface area contributed by atoms with Gasteiger partial charge >= 0.3 is 6.09 Å². The Hall–Kier alpha value is -4.15. The first-order valence-corrected chi connectivity index (χ1v) is 16.5. The van der Waals surface area contributed by atoms with Gasteiger partial charge in [0.2, 0.25) is 11.8 Å². The highest BCUT2D eigenvalue weighted by atomic mass is 19.1. The Kier molecular flexibility index (Phi) is 14.0. The van der Waals surface area contributed by atoms with Gasteiger partial charge in [0.1, 0.15) is 23.2 Å². The van der Waals surface area contributed by atoms with Gasteiger partial charge in [-0.05, 0) is 83.1 Å². The summed E-state index contributed by atoms with van der Waals surface area (Å²) in [7, 11) is 5.04. The second kappa shape index (κ2) is 17.7. The summed E-state index contributed by atoms with van der Waals surface area (Å²) < 4.78 is 25.7. The molecule has 0 N–H and O–H groups in total. The van der Waals surface area contributed by atoms with E-state index in [0.29, 0.717) is 81.6 Å². The van der Waals surface area contributed by atoms with Gasteiger partial charge in [-0.25, -0.2) is 9.18 Å². The number of para-hydroxylation sites is 1. The van der Waals surface area contributed by atoms with Crippen LogP contribution in [0, 0.1) is 5.82 Å². The number of aryl methyl sites for hydroxylation is 1. The Morgan fingerprint density at radius 1 is 0.979 bits per heavy atom. The van der Waals surface area contributed by atoms with Crippen LogP contribution in [0.25, 0.3) is 0 Å². The third-order valence-corrected chi connectivity index (χ3v) is 8.18. The fraction of sp³-hybridized carbons (Fsp3) is 0.556. The Morgan fingerprint density at radius 2 is 1.64 bits per heavy atom. The Labute approximate surface area is 278 Å². The predicted molar refractivity (Wildman–Crippen MR) is 179 cm³/mol. The van der Waals surface area contributed by atoms with Gasteiger partial charge in [-0.2, -0.15) is 0 Å². The van der Waals surface area contributed by atoms with Crippen molar-refractivity contribution in [2.45, 2.75) is 77.4 Å². The highest BCUT2D eigenvalue weighted by molar-refractivity contribution is 5.99. The number of hydrogen-bond donors (Lipinski definition) is 0. The average Bonchev–Trinajstić information content (AvgIpc) is 3.03. The summed E-state index contributed by atoms with van der Waals surface area (Å²) in [5.74, 6) is -0.593. The number of hydrogen-bond acceptors (Lipinski definition) is 6. The Morgan fingerprint density at radius 3 is 2.36 bits per heavy atom. The molecule has 3 rings (SSSR count). The standard InChI is InChI=1S/C36H51FN4O6/c1-36(2,3)47-35(45)41-24-12-11-22-39(5)34(44)30(40(6)33(43)28-16-8-10-19-31(28)46-26-14-25-41)18-13-23-38(4)32(42)21-20-27-15-7-9-17-29(27)37/h7-10,15-17,19,30H,11-14,18,20-26H2,1-6H3/t30-/m0/s1. The van der Waals surface area contributed by atoms with Crippen molar-refractivity contribution in [3.63, 3.8) is 0 Å². The van der Waals surface area contributed by atoms with Crippen molar-refractivity contribution in [2.75, 3.05) is 53.9 Å². The third kappa shape index (κ3) is 11.6. The lowest BCUT2D eigenvalue weighted by molar-refractivity contribution is -0.134. The van der Waals surface area contributed by atoms with Gasteiger partial charge in [-0.1, -0.05) is 30.3 Å². The monoisotopic (exact) mass is 654 g/mol. The number of benzene rings is 2. The number of carbonyl (C=O) groups excluding carboxylic acids is 4. The zero-order chi connectivity index (χ0) is 34.6. The van der Waals surface area contributed by atoms with Gasteiger partial charge in [0.25, 0.3) is 5.91 Å². The highest BCUT2D eigenvalue weighted by Gasteiger charge is 2.31. The Bertz CT molecular complexity index is 1360. The van der Waals surface area contributed by atoms with Crippen LogP contribution in [0.4, 0.5) is 9.18 Å². The molecule has 0 saturated heterocycles. The van der Waals surface area contributed by atoms with E-state index >= 15 is 0 Å². The van der Waals surface area contributed by atoms with E-state index in [4.69, 9.17) is 9.47 Å². The first-order chi connectivity index (χ1) is 22.3. The summed E-state index contributed by atoms with van der Waals surface area (Å²) in [4.78, 5) is 59.7. The summed E-state index contributed by atoms with van der Waals surface area (Å²) >= 11 is 0. The molecule has 0 aliphatic carbocycles. The lowest BCUT2D eigenvalue weighted by Gasteiger charge is -2.32. The molecule has 10 nitrogen and oxygen atoms in total. The molecular formula is C36H51FN4O6. The van der Waals surface area contributed by atoms with Crippen LogP contribution in [-0.2, 0) is 20.7 Å². The van der Waals surface area contributed by atoms with E-state index in [-0.39, 0.29) is 36.6 Å². The van der Waals surface area contributed by atoms with Crippen LogP contribution in [0.3, 0.4) is 0 Å². The molecule has 0 saturated carbocycles. The molecule has 0 aromatic heterocycles. The molecule has 1 heterocycles. The number of fused-ring (bicyclic) bond motifs is 1. The quantitative estimate of drug-likeness (QED) is 0.397. The number of rotatable bonds is 7. The van der Waals surface area contributed by atoms with E-state index < -0.39 is 17.7 Å². The molecule has 2 aromatic carbocycles. The minimum Gasteiger partial charge on any atom is -0.493 e. The number of carbonyl (C=O) groups is 4. The molecule has 47 heavy (non-hydrogen) atoms. The van der Waals surface area contributed by atoms with Gasteiger partial charge in [0, 0.05) is 53.7 Å². The maximum absolute atomic E-state index is 14.0. The van der Waals surface area contributed by atoms with Crippen molar-refractivity contribution < 1.29 is 33.0 Å². The number of halogens is 1. The highest BCUT2D eigenvalue weighted by Crippen LogP contribution is 2.23. The average molecular weight is 655 g/mol. The largest absolute Gasteiger partial charge is 0.493 e. The van der Waals surface area contributed by atoms with E-state index in [1.165, 1.54) is 11.0 Å². The zero-order valence-corrected chi connectivity index (χ0v) is 28.8. The molecule has 0 spiro atoms. The van der Waals surface area contributed by atoms with E-state index in [2.05, 4.69) is 0 Å². The van der Waals surface area contributed by atoms with Crippen molar-refractivity contribution in [2.24, 2.45) is 0 Å². The molecule has 258 valence electrons. The van der Waals surface area contributed by atoms with Crippen LogP contribution in [0.2, 0.25) is 0 Å². The smallest absolute Gasteiger partial charge is 0.410 e.